The highest BCUT2D eigenvalue weighted by Crippen LogP contribution is 2.57. The number of aliphatic hydroxyl groups excluding tert-OH is 1. The molecular weight excluding hydrogens is 526 g/mol. The van der Waals surface area contributed by atoms with Crippen LogP contribution < -0.4 is 0 Å². The SMILES string of the molecule is CC(C)=CCC/C(C)=C/COP(=O)(O)OP(=O)(O)O.CCCCCCCC/C=C\CCCCCCCCO. The highest BCUT2D eigenvalue weighted by atomic mass is 31.3. The van der Waals surface area contributed by atoms with Crippen molar-refractivity contribution in [2.45, 2.75) is 130 Å². The van der Waals surface area contributed by atoms with Gasteiger partial charge in [-0.1, -0.05) is 100 Å². The highest BCUT2D eigenvalue weighted by molar-refractivity contribution is 7.60. The molecule has 0 aromatic heterocycles. The molecule has 0 aromatic rings. The quantitative estimate of drug-likeness (QED) is 0.0533. The number of rotatable bonds is 23. The zero-order valence-electron chi connectivity index (χ0n) is 24.4. The van der Waals surface area contributed by atoms with Crippen LogP contribution in [0.15, 0.2) is 35.5 Å². The fourth-order valence-corrected chi connectivity index (χ4v) is 5.01. The maximum absolute atomic E-state index is 11.1. The van der Waals surface area contributed by atoms with Gasteiger partial charge < -0.3 is 19.8 Å². The van der Waals surface area contributed by atoms with Crippen LogP contribution in [0.2, 0.25) is 0 Å². The predicted molar refractivity (Wildman–Crippen MR) is 158 cm³/mol. The summed E-state index contributed by atoms with van der Waals surface area (Å²) in [6, 6.07) is 0. The predicted octanol–water partition coefficient (Wildman–Crippen LogP) is 8.92. The van der Waals surface area contributed by atoms with E-state index in [-0.39, 0.29) is 6.61 Å². The van der Waals surface area contributed by atoms with Gasteiger partial charge in [-0.25, -0.2) is 9.13 Å². The van der Waals surface area contributed by atoms with Gasteiger partial charge in [-0.3, -0.25) is 4.52 Å². The minimum Gasteiger partial charge on any atom is -0.396 e. The molecule has 0 aliphatic carbocycles. The normalized spacial score (nSPS) is 13.7. The Kier molecular flexibility index (Phi) is 27.8. The summed E-state index contributed by atoms with van der Waals surface area (Å²) in [6.45, 7) is 8.19. The van der Waals surface area contributed by atoms with E-state index in [1.807, 2.05) is 20.8 Å². The third-order valence-corrected chi connectivity index (χ3v) is 7.79. The fraction of sp³-hybridized carbons (Fsp3) is 0.786. The van der Waals surface area contributed by atoms with E-state index in [0.717, 1.165) is 24.8 Å². The van der Waals surface area contributed by atoms with Crippen molar-refractivity contribution < 1.29 is 37.8 Å². The lowest BCUT2D eigenvalue weighted by Gasteiger charge is -2.11. The molecule has 1 atom stereocenters. The van der Waals surface area contributed by atoms with Crippen molar-refractivity contribution in [2.75, 3.05) is 13.2 Å². The van der Waals surface area contributed by atoms with E-state index in [4.69, 9.17) is 19.8 Å². The summed E-state index contributed by atoms with van der Waals surface area (Å²) in [5.41, 5.74) is 2.15. The average Bonchev–Trinajstić information content (AvgIpc) is 2.80. The summed E-state index contributed by atoms with van der Waals surface area (Å²) in [5, 5.41) is 8.66. The van der Waals surface area contributed by atoms with Crippen LogP contribution in [0.25, 0.3) is 0 Å². The maximum atomic E-state index is 11.1. The van der Waals surface area contributed by atoms with Gasteiger partial charge in [-0.2, -0.15) is 4.31 Å². The molecule has 38 heavy (non-hydrogen) atoms. The van der Waals surface area contributed by atoms with E-state index in [2.05, 4.69) is 34.0 Å². The van der Waals surface area contributed by atoms with E-state index >= 15 is 0 Å². The topological polar surface area (TPSA) is 134 Å². The second-order valence-electron chi connectivity index (χ2n) is 9.87. The molecule has 1 unspecified atom stereocenters. The molecule has 10 heteroatoms. The zero-order chi connectivity index (χ0) is 29.1. The maximum Gasteiger partial charge on any atom is 0.481 e. The number of unbranched alkanes of at least 4 members (excludes halogenated alkanes) is 12. The molecule has 0 fully saturated rings. The summed E-state index contributed by atoms with van der Waals surface area (Å²) < 4.78 is 29.5. The Balaban J connectivity index is 0. The molecule has 0 aliphatic heterocycles. The van der Waals surface area contributed by atoms with Crippen LogP contribution in [0.3, 0.4) is 0 Å². The van der Waals surface area contributed by atoms with Crippen molar-refractivity contribution in [3.8, 4) is 0 Å². The van der Waals surface area contributed by atoms with E-state index in [1.54, 1.807) is 6.08 Å². The third-order valence-electron chi connectivity index (χ3n) is 5.64. The first-order chi connectivity index (χ1) is 17.9. The molecule has 0 heterocycles. The minimum absolute atomic E-state index is 0.256. The van der Waals surface area contributed by atoms with E-state index in [9.17, 15) is 9.13 Å². The number of hydrogen-bond donors (Lipinski definition) is 4. The largest absolute Gasteiger partial charge is 0.481 e. The van der Waals surface area contributed by atoms with Crippen molar-refractivity contribution in [1.29, 1.82) is 0 Å². The van der Waals surface area contributed by atoms with Crippen LogP contribution in [-0.2, 0) is 18.0 Å². The van der Waals surface area contributed by atoms with E-state index in [0.29, 0.717) is 6.61 Å². The average molecular weight is 583 g/mol. The summed E-state index contributed by atoms with van der Waals surface area (Å²) in [7, 11) is -9.78. The van der Waals surface area contributed by atoms with Gasteiger partial charge in [0.1, 0.15) is 0 Å². The van der Waals surface area contributed by atoms with Crippen LogP contribution in [-0.4, -0.2) is 33.0 Å². The third kappa shape index (κ3) is 35.4. The standard InChI is InChI=1S/C18H36O.C10H20O7P2/c1-2-3-4-5-6-7-8-9-10-11-12-13-14-15-16-17-18-19;1-9(2)5-4-6-10(3)7-8-16-19(14,15)17-18(11,12)13/h9-10,19H,2-8,11-18H2,1H3;5,7H,4,6,8H2,1-3H3,(H,14,15)(H2,11,12,13)/b10-9-;10-7+. The van der Waals surface area contributed by atoms with Gasteiger partial charge in [0, 0.05) is 6.61 Å². The molecule has 0 aromatic carbocycles. The lowest BCUT2D eigenvalue weighted by Crippen LogP contribution is -1.94. The number of aliphatic hydroxyl groups is 1. The summed E-state index contributed by atoms with van der Waals surface area (Å²) >= 11 is 0. The summed E-state index contributed by atoms with van der Waals surface area (Å²) in [5.74, 6) is 0. The van der Waals surface area contributed by atoms with Crippen LogP contribution in [0.4, 0.5) is 0 Å². The molecule has 0 rings (SSSR count). The van der Waals surface area contributed by atoms with Crippen molar-refractivity contribution in [1.82, 2.24) is 0 Å². The fourth-order valence-electron chi connectivity index (χ4n) is 3.48. The lowest BCUT2D eigenvalue weighted by atomic mass is 10.1. The van der Waals surface area contributed by atoms with Gasteiger partial charge in [0.05, 0.1) is 6.61 Å². The second-order valence-corrected chi connectivity index (χ2v) is 12.7. The molecule has 0 spiro atoms. The Morgan fingerprint density at radius 2 is 1.21 bits per heavy atom. The minimum atomic E-state index is -5.05. The molecule has 0 saturated carbocycles. The van der Waals surface area contributed by atoms with Crippen molar-refractivity contribution in [2.24, 2.45) is 0 Å². The Labute approximate surface area is 232 Å². The van der Waals surface area contributed by atoms with Gasteiger partial charge in [-0.05, 0) is 65.7 Å². The number of hydrogen-bond acceptors (Lipinski definition) is 5. The molecule has 226 valence electrons. The van der Waals surface area contributed by atoms with Crippen LogP contribution in [0.1, 0.15) is 130 Å². The van der Waals surface area contributed by atoms with Crippen molar-refractivity contribution >= 4 is 15.6 Å². The van der Waals surface area contributed by atoms with Gasteiger partial charge >= 0.3 is 15.6 Å². The van der Waals surface area contributed by atoms with Crippen LogP contribution >= 0.6 is 15.6 Å². The van der Waals surface area contributed by atoms with Gasteiger partial charge in [-0.15, -0.1) is 0 Å². The molecule has 0 aliphatic rings. The zero-order valence-corrected chi connectivity index (χ0v) is 26.1. The first kappa shape index (κ1) is 39.6. The Morgan fingerprint density at radius 3 is 1.68 bits per heavy atom. The summed E-state index contributed by atoms with van der Waals surface area (Å²) in [6.07, 6.45) is 28.4. The Hall–Kier alpha value is -0.560. The van der Waals surface area contributed by atoms with E-state index < -0.39 is 15.6 Å². The molecule has 8 nitrogen and oxygen atoms in total. The van der Waals surface area contributed by atoms with Crippen molar-refractivity contribution in [3.63, 3.8) is 0 Å². The summed E-state index contributed by atoms with van der Waals surface area (Å²) in [4.78, 5) is 25.8. The first-order valence-corrected chi connectivity index (χ1v) is 17.2. The van der Waals surface area contributed by atoms with Gasteiger partial charge in [0.25, 0.3) is 0 Å². The number of allylic oxidation sites excluding steroid dienone is 5. The number of phosphoric ester groups is 1. The monoisotopic (exact) mass is 582 g/mol. The smallest absolute Gasteiger partial charge is 0.396 e. The molecule has 0 radical (unpaired) electrons. The van der Waals surface area contributed by atoms with Crippen LogP contribution in [0, 0.1) is 0 Å². The molecular formula is C28H56O8P2. The molecule has 0 saturated heterocycles. The van der Waals surface area contributed by atoms with Crippen LogP contribution in [0.5, 0.6) is 0 Å². The van der Waals surface area contributed by atoms with Crippen molar-refractivity contribution in [3.05, 3.63) is 35.5 Å². The molecule has 4 N–H and O–H groups in total. The highest BCUT2D eigenvalue weighted by Gasteiger charge is 2.31. The molecule has 0 amide bonds. The second kappa shape index (κ2) is 26.7. The Bertz CT molecular complexity index is 724. The van der Waals surface area contributed by atoms with E-state index in [1.165, 1.54) is 89.0 Å². The van der Waals surface area contributed by atoms with Gasteiger partial charge in [0.15, 0.2) is 0 Å². The number of phosphoric acid groups is 2. The van der Waals surface area contributed by atoms with Gasteiger partial charge in [0.2, 0.25) is 0 Å². The molecule has 0 bridgehead atoms. The lowest BCUT2D eigenvalue weighted by molar-refractivity contribution is 0.191. The Morgan fingerprint density at radius 1 is 0.711 bits per heavy atom. The first-order valence-electron chi connectivity index (χ1n) is 14.2.